The third-order valence-electron chi connectivity index (χ3n) is 5.23. The average molecular weight is 453 g/mol. The number of halogens is 1. The van der Waals surface area contributed by atoms with Crippen LogP contribution < -0.4 is 10.1 Å². The lowest BCUT2D eigenvalue weighted by molar-refractivity contribution is -0.113. The standard InChI is InChI=1S/C24H25FN4O2S/c1-2-12-29-22(15-31-21-11-10-17-6-3-4-7-18(17)13-21)27-28-24(29)32-16-23(30)26-20-9-5-8-19(25)14-20/h2,5,8-11,13-14H,1,3-4,6-7,12,15-16H2,(H,26,30). The van der Waals surface area contributed by atoms with Crippen molar-refractivity contribution in [1.82, 2.24) is 14.8 Å². The lowest BCUT2D eigenvalue weighted by atomic mass is 9.92. The van der Waals surface area contributed by atoms with Gasteiger partial charge in [0.05, 0.1) is 5.75 Å². The number of anilines is 1. The fraction of sp³-hybridized carbons (Fsp3) is 0.292. The van der Waals surface area contributed by atoms with Gasteiger partial charge in [-0.3, -0.25) is 9.36 Å². The Labute approximate surface area is 190 Å². The molecule has 0 atom stereocenters. The maximum Gasteiger partial charge on any atom is 0.234 e. The van der Waals surface area contributed by atoms with Gasteiger partial charge in [-0.2, -0.15) is 0 Å². The summed E-state index contributed by atoms with van der Waals surface area (Å²) in [6.45, 7) is 4.58. The molecule has 0 unspecified atom stereocenters. The predicted molar refractivity (Wildman–Crippen MR) is 123 cm³/mol. The molecule has 166 valence electrons. The van der Waals surface area contributed by atoms with E-state index in [0.29, 0.717) is 23.2 Å². The number of rotatable bonds is 9. The number of hydrogen-bond acceptors (Lipinski definition) is 5. The number of nitrogens with zero attached hydrogens (tertiary/aromatic N) is 3. The quantitative estimate of drug-likeness (QED) is 0.373. The first-order chi connectivity index (χ1) is 15.6. The number of ether oxygens (including phenoxy) is 1. The van der Waals surface area contributed by atoms with Crippen molar-refractivity contribution in [3.8, 4) is 5.75 Å². The topological polar surface area (TPSA) is 69.0 Å². The number of amides is 1. The number of allylic oxidation sites excluding steroid dienone is 1. The number of carbonyl (C=O) groups is 1. The first-order valence-corrected chi connectivity index (χ1v) is 11.6. The van der Waals surface area contributed by atoms with Gasteiger partial charge >= 0.3 is 0 Å². The molecule has 1 aliphatic rings. The second kappa shape index (κ2) is 10.5. The van der Waals surface area contributed by atoms with Gasteiger partial charge in [0.25, 0.3) is 0 Å². The summed E-state index contributed by atoms with van der Waals surface area (Å²) < 4.78 is 21.2. The Kier molecular flexibility index (Phi) is 7.21. The summed E-state index contributed by atoms with van der Waals surface area (Å²) in [6, 6.07) is 12.1. The van der Waals surface area contributed by atoms with Gasteiger partial charge < -0.3 is 10.1 Å². The molecule has 0 spiro atoms. The van der Waals surface area contributed by atoms with Gasteiger partial charge in [0, 0.05) is 12.2 Å². The Hall–Kier alpha value is -3.13. The van der Waals surface area contributed by atoms with E-state index in [1.165, 1.54) is 47.9 Å². The Bertz CT molecular complexity index is 1120. The number of nitrogens with one attached hydrogen (secondary N) is 1. The largest absolute Gasteiger partial charge is 0.486 e. The number of carbonyl (C=O) groups excluding carboxylic acids is 1. The summed E-state index contributed by atoms with van der Waals surface area (Å²) in [7, 11) is 0. The highest BCUT2D eigenvalue weighted by Gasteiger charge is 2.15. The number of aromatic nitrogens is 3. The third kappa shape index (κ3) is 5.56. The Morgan fingerprint density at radius 2 is 2.03 bits per heavy atom. The van der Waals surface area contributed by atoms with Crippen LogP contribution in [-0.4, -0.2) is 26.4 Å². The molecule has 1 aromatic heterocycles. The van der Waals surface area contributed by atoms with Crippen molar-refractivity contribution in [2.24, 2.45) is 0 Å². The van der Waals surface area contributed by atoms with Crippen LogP contribution in [0.3, 0.4) is 0 Å². The van der Waals surface area contributed by atoms with Crippen LogP contribution >= 0.6 is 11.8 Å². The summed E-state index contributed by atoms with van der Waals surface area (Å²) in [5, 5.41) is 11.7. The molecule has 32 heavy (non-hydrogen) atoms. The van der Waals surface area contributed by atoms with Gasteiger partial charge in [-0.1, -0.05) is 30.0 Å². The van der Waals surface area contributed by atoms with Crippen LogP contribution in [0.1, 0.15) is 29.8 Å². The van der Waals surface area contributed by atoms with Gasteiger partial charge in [0.15, 0.2) is 11.0 Å². The van der Waals surface area contributed by atoms with Crippen LogP contribution in [0, 0.1) is 5.82 Å². The first-order valence-electron chi connectivity index (χ1n) is 10.6. The van der Waals surface area contributed by atoms with E-state index in [1.54, 1.807) is 18.2 Å². The van der Waals surface area contributed by atoms with E-state index < -0.39 is 5.82 Å². The van der Waals surface area contributed by atoms with Crippen molar-refractivity contribution in [3.63, 3.8) is 0 Å². The number of benzene rings is 2. The minimum atomic E-state index is -0.398. The fourth-order valence-corrected chi connectivity index (χ4v) is 4.45. The number of hydrogen-bond donors (Lipinski definition) is 1. The molecule has 1 N–H and O–H groups in total. The summed E-state index contributed by atoms with van der Waals surface area (Å²) in [6.07, 6.45) is 6.45. The zero-order valence-electron chi connectivity index (χ0n) is 17.7. The Balaban J connectivity index is 1.37. The molecular formula is C24H25FN4O2S. The SMILES string of the molecule is C=CCn1c(COc2ccc3c(c2)CCCC3)nnc1SCC(=O)Nc1cccc(F)c1. The lowest BCUT2D eigenvalue weighted by Gasteiger charge is -2.16. The highest BCUT2D eigenvalue weighted by atomic mass is 32.2. The number of aryl methyl sites for hydroxylation is 2. The molecule has 1 aliphatic carbocycles. The molecule has 4 rings (SSSR count). The van der Waals surface area contributed by atoms with E-state index in [-0.39, 0.29) is 18.3 Å². The van der Waals surface area contributed by atoms with Crippen LogP contribution in [0.2, 0.25) is 0 Å². The molecule has 2 aromatic carbocycles. The maximum atomic E-state index is 13.3. The molecule has 0 fully saturated rings. The molecule has 8 heteroatoms. The van der Waals surface area contributed by atoms with Gasteiger partial charge in [-0.25, -0.2) is 4.39 Å². The van der Waals surface area contributed by atoms with Crippen LogP contribution in [0.4, 0.5) is 10.1 Å². The summed E-state index contributed by atoms with van der Waals surface area (Å²) in [4.78, 5) is 12.2. The van der Waals surface area contributed by atoms with E-state index >= 15 is 0 Å². The van der Waals surface area contributed by atoms with E-state index in [2.05, 4.69) is 34.2 Å². The summed E-state index contributed by atoms with van der Waals surface area (Å²) in [5.41, 5.74) is 3.19. The molecule has 1 amide bonds. The van der Waals surface area contributed by atoms with Crippen molar-refractivity contribution in [3.05, 3.63) is 77.9 Å². The smallest absolute Gasteiger partial charge is 0.234 e. The fourth-order valence-electron chi connectivity index (χ4n) is 3.69. The molecule has 0 aliphatic heterocycles. The van der Waals surface area contributed by atoms with Crippen LogP contribution in [0.5, 0.6) is 5.75 Å². The zero-order chi connectivity index (χ0) is 22.3. The van der Waals surface area contributed by atoms with Crippen molar-refractivity contribution in [2.45, 2.75) is 44.0 Å². The van der Waals surface area contributed by atoms with Crippen molar-refractivity contribution >= 4 is 23.4 Å². The molecular weight excluding hydrogens is 427 g/mol. The molecule has 6 nitrogen and oxygen atoms in total. The highest BCUT2D eigenvalue weighted by molar-refractivity contribution is 7.99. The predicted octanol–water partition coefficient (Wildman–Crippen LogP) is 4.79. The van der Waals surface area contributed by atoms with Crippen LogP contribution in [0.15, 0.2) is 60.3 Å². The van der Waals surface area contributed by atoms with E-state index in [4.69, 9.17) is 4.74 Å². The van der Waals surface area contributed by atoms with E-state index in [9.17, 15) is 9.18 Å². The molecule has 0 radical (unpaired) electrons. The second-order valence-corrected chi connectivity index (χ2v) is 8.51. The summed E-state index contributed by atoms with van der Waals surface area (Å²) in [5.74, 6) is 0.959. The van der Waals surface area contributed by atoms with Gasteiger partial charge in [-0.15, -0.1) is 16.8 Å². The van der Waals surface area contributed by atoms with Crippen molar-refractivity contribution in [2.75, 3.05) is 11.1 Å². The summed E-state index contributed by atoms with van der Waals surface area (Å²) >= 11 is 1.26. The highest BCUT2D eigenvalue weighted by Crippen LogP contribution is 2.26. The first kappa shape index (κ1) is 22.1. The lowest BCUT2D eigenvalue weighted by Crippen LogP contribution is -2.15. The van der Waals surface area contributed by atoms with Crippen molar-refractivity contribution < 1.29 is 13.9 Å². The zero-order valence-corrected chi connectivity index (χ0v) is 18.5. The molecule has 0 saturated heterocycles. The average Bonchev–Trinajstić information content (AvgIpc) is 3.18. The minimum Gasteiger partial charge on any atom is -0.486 e. The van der Waals surface area contributed by atoms with Crippen LogP contribution in [-0.2, 0) is 30.8 Å². The normalized spacial score (nSPS) is 12.8. The second-order valence-electron chi connectivity index (χ2n) is 7.57. The van der Waals surface area contributed by atoms with Gasteiger partial charge in [0.1, 0.15) is 18.2 Å². The van der Waals surface area contributed by atoms with E-state index in [1.807, 2.05) is 10.6 Å². The molecule has 0 saturated carbocycles. The van der Waals surface area contributed by atoms with Crippen LogP contribution in [0.25, 0.3) is 0 Å². The van der Waals surface area contributed by atoms with Crippen molar-refractivity contribution in [1.29, 1.82) is 0 Å². The Morgan fingerprint density at radius 1 is 1.19 bits per heavy atom. The third-order valence-corrected chi connectivity index (χ3v) is 6.20. The van der Waals surface area contributed by atoms with E-state index in [0.717, 1.165) is 18.6 Å². The molecule has 0 bridgehead atoms. The molecule has 3 aromatic rings. The minimum absolute atomic E-state index is 0.122. The van der Waals surface area contributed by atoms with Gasteiger partial charge in [0.2, 0.25) is 5.91 Å². The van der Waals surface area contributed by atoms with Gasteiger partial charge in [-0.05, 0) is 67.1 Å². The Morgan fingerprint density at radius 3 is 2.84 bits per heavy atom. The monoisotopic (exact) mass is 452 g/mol. The molecule has 1 heterocycles. The number of thioether (sulfide) groups is 1. The number of fused-ring (bicyclic) bond motifs is 1. The maximum absolute atomic E-state index is 13.3.